The molecule has 0 aliphatic rings. The molecule has 32 heavy (non-hydrogen) atoms. The first-order valence-corrected chi connectivity index (χ1v) is 13.9. The van der Waals surface area contributed by atoms with Crippen LogP contribution < -0.4 is 9.57 Å². The van der Waals surface area contributed by atoms with Crippen LogP contribution in [0.1, 0.15) is 31.4 Å². The Labute approximate surface area is 192 Å². The molecule has 2 atom stereocenters. The van der Waals surface area contributed by atoms with E-state index in [2.05, 4.69) is 15.3 Å². The molecule has 2 rings (SSSR count). The highest BCUT2D eigenvalue weighted by Crippen LogP contribution is 2.46. The van der Waals surface area contributed by atoms with Gasteiger partial charge in [-0.3, -0.25) is 9.34 Å². The summed E-state index contributed by atoms with van der Waals surface area (Å²) in [5.41, 5.74) is 9.62. The number of ether oxygens (including phenoxy) is 1. The van der Waals surface area contributed by atoms with Crippen LogP contribution in [0.15, 0.2) is 58.9 Å². The van der Waals surface area contributed by atoms with Gasteiger partial charge in [-0.15, -0.1) is 0 Å². The van der Waals surface area contributed by atoms with Crippen molar-refractivity contribution in [3.63, 3.8) is 0 Å². The Balaban J connectivity index is 2.06. The van der Waals surface area contributed by atoms with Crippen LogP contribution >= 0.6 is 14.4 Å². The molecule has 0 aliphatic carbocycles. The number of hydrogen-bond acceptors (Lipinski definition) is 6. The van der Waals surface area contributed by atoms with E-state index in [0.717, 1.165) is 5.56 Å². The van der Waals surface area contributed by atoms with Gasteiger partial charge in [0.1, 0.15) is 22.1 Å². The Hall–Kier alpha value is -2.38. The van der Waals surface area contributed by atoms with Gasteiger partial charge in [-0.1, -0.05) is 30.9 Å². The summed E-state index contributed by atoms with van der Waals surface area (Å²) in [7, 11) is -2.32. The second-order valence-corrected chi connectivity index (χ2v) is 12.2. The van der Waals surface area contributed by atoms with Crippen LogP contribution in [0.3, 0.4) is 0 Å². The summed E-state index contributed by atoms with van der Waals surface area (Å²) in [5, 5.41) is 6.85. The summed E-state index contributed by atoms with van der Waals surface area (Å²) in [6.45, 7) is 2.23. The van der Waals surface area contributed by atoms with Crippen molar-refractivity contribution in [2.75, 3.05) is 7.05 Å². The third-order valence-corrected chi connectivity index (χ3v) is 9.45. The number of nitrogens with zero attached hydrogens (tertiary/aromatic N) is 5. The summed E-state index contributed by atoms with van der Waals surface area (Å²) in [6.07, 6.45) is 2.01. The molecule has 0 fully saturated rings. The van der Waals surface area contributed by atoms with E-state index in [0.29, 0.717) is 23.5 Å². The first-order valence-electron chi connectivity index (χ1n) is 9.52. The molecular formula is C19H25N5O5P2S. The maximum atomic E-state index is 11.2. The van der Waals surface area contributed by atoms with Gasteiger partial charge in [0.15, 0.2) is 0 Å². The van der Waals surface area contributed by atoms with E-state index in [4.69, 9.17) is 36.7 Å². The van der Waals surface area contributed by atoms with Crippen LogP contribution in [0.5, 0.6) is 11.5 Å². The lowest BCUT2D eigenvalue weighted by molar-refractivity contribution is 0.171. The van der Waals surface area contributed by atoms with Crippen molar-refractivity contribution < 1.29 is 23.9 Å². The summed E-state index contributed by atoms with van der Waals surface area (Å²) in [4.78, 5) is 25.6. The Morgan fingerprint density at radius 2 is 1.81 bits per heavy atom. The summed E-state index contributed by atoms with van der Waals surface area (Å²) in [5.74, 6) is 0.990. The lowest BCUT2D eigenvalue weighted by atomic mass is 10.2. The zero-order valence-electron chi connectivity index (χ0n) is 17.8. The van der Waals surface area contributed by atoms with Crippen molar-refractivity contribution >= 4 is 32.5 Å². The number of hydrazone groups is 1. The van der Waals surface area contributed by atoms with Gasteiger partial charge >= 0.3 is 7.60 Å². The van der Waals surface area contributed by atoms with Gasteiger partial charge in [0.2, 0.25) is 0 Å². The molecule has 10 nitrogen and oxygen atoms in total. The van der Waals surface area contributed by atoms with Crippen LogP contribution in [-0.2, 0) is 22.5 Å². The van der Waals surface area contributed by atoms with Crippen LogP contribution in [-0.4, -0.2) is 33.2 Å². The van der Waals surface area contributed by atoms with Gasteiger partial charge in [0, 0.05) is 12.0 Å². The largest absolute Gasteiger partial charge is 0.481 e. The second-order valence-electron chi connectivity index (χ2n) is 7.06. The molecule has 0 heterocycles. The number of benzene rings is 2. The topological polar surface area (TPSA) is 140 Å². The van der Waals surface area contributed by atoms with Crippen LogP contribution in [0.4, 0.5) is 0 Å². The van der Waals surface area contributed by atoms with Crippen LogP contribution in [0, 0.1) is 0 Å². The van der Waals surface area contributed by atoms with Crippen molar-refractivity contribution in [3.8, 4) is 11.5 Å². The standard InChI is InChI=1S/C19H25N5O5P2S/c1-4-19(2,28-17-9-7-16(8-10-17)14-31(25,26)27)30(32)24(3)21-13-15-5-11-18(12-6-15)29-23-22-20/h5-13,30H,4,14H2,1-3H3,(H2,25,26,27)/b21-13+. The van der Waals surface area contributed by atoms with Crippen LogP contribution in [0.25, 0.3) is 10.4 Å². The predicted molar refractivity (Wildman–Crippen MR) is 129 cm³/mol. The van der Waals surface area contributed by atoms with Gasteiger partial charge in [-0.05, 0) is 66.4 Å². The second kappa shape index (κ2) is 11.5. The first-order chi connectivity index (χ1) is 15.1. The quantitative estimate of drug-likeness (QED) is 0.111. The van der Waals surface area contributed by atoms with Crippen molar-refractivity contribution in [1.29, 1.82) is 0 Å². The molecule has 0 aromatic heterocycles. The minimum atomic E-state index is -4.12. The molecule has 172 valence electrons. The number of rotatable bonds is 11. The molecule has 0 bridgehead atoms. The van der Waals surface area contributed by atoms with Crippen molar-refractivity contribution in [2.45, 2.75) is 31.8 Å². The maximum absolute atomic E-state index is 11.2. The SMILES string of the molecule is CCC(C)(Oc1ccc(CP(=O)(O)O)cc1)[PH](=S)N(C)/N=C/c1ccc(ON=[N+]=[N-])cc1. The highest BCUT2D eigenvalue weighted by molar-refractivity contribution is 8.04. The molecule has 0 spiro atoms. The van der Waals surface area contributed by atoms with E-state index in [-0.39, 0.29) is 6.16 Å². The Kier molecular flexibility index (Phi) is 9.28. The van der Waals surface area contributed by atoms with E-state index >= 15 is 0 Å². The number of azide groups is 1. The monoisotopic (exact) mass is 497 g/mol. The molecule has 0 amide bonds. The van der Waals surface area contributed by atoms with Gasteiger partial charge in [-0.2, -0.15) is 5.10 Å². The maximum Gasteiger partial charge on any atom is 0.329 e. The van der Waals surface area contributed by atoms with Gasteiger partial charge in [0.05, 0.1) is 19.2 Å². The van der Waals surface area contributed by atoms with Crippen molar-refractivity contribution in [2.24, 2.45) is 10.4 Å². The fraction of sp³-hybridized carbons (Fsp3) is 0.316. The summed E-state index contributed by atoms with van der Waals surface area (Å²) < 4.78 is 19.1. The highest BCUT2D eigenvalue weighted by atomic mass is 32.4. The minimum Gasteiger partial charge on any atom is -0.481 e. The Bertz CT molecular complexity index is 1050. The van der Waals surface area contributed by atoms with E-state index < -0.39 is 19.8 Å². The Morgan fingerprint density at radius 3 is 2.34 bits per heavy atom. The molecule has 0 saturated heterocycles. The molecule has 0 aliphatic heterocycles. The average molecular weight is 497 g/mol. The Morgan fingerprint density at radius 1 is 1.22 bits per heavy atom. The average Bonchev–Trinajstić information content (AvgIpc) is 2.76. The lowest BCUT2D eigenvalue weighted by Crippen LogP contribution is -2.30. The van der Waals surface area contributed by atoms with Crippen molar-refractivity contribution in [1.82, 2.24) is 4.78 Å². The molecule has 2 N–H and O–H groups in total. The van der Waals surface area contributed by atoms with E-state index in [9.17, 15) is 4.57 Å². The zero-order chi connectivity index (χ0) is 23.8. The van der Waals surface area contributed by atoms with Gasteiger partial charge in [-0.25, -0.2) is 0 Å². The molecule has 13 heteroatoms. The van der Waals surface area contributed by atoms with Crippen molar-refractivity contribution in [3.05, 3.63) is 70.1 Å². The highest BCUT2D eigenvalue weighted by Gasteiger charge is 2.31. The fourth-order valence-electron chi connectivity index (χ4n) is 2.66. The summed E-state index contributed by atoms with van der Waals surface area (Å²) in [6, 6.07) is 13.5. The molecule has 0 saturated carbocycles. The van der Waals surface area contributed by atoms with Crippen LogP contribution in [0.2, 0.25) is 0 Å². The smallest absolute Gasteiger partial charge is 0.329 e. The lowest BCUT2D eigenvalue weighted by Gasteiger charge is -2.34. The molecule has 2 unspecified atom stereocenters. The van der Waals surface area contributed by atoms with E-state index in [1.165, 1.54) is 0 Å². The molecule has 2 aromatic carbocycles. The van der Waals surface area contributed by atoms with E-state index in [1.54, 1.807) is 66.6 Å². The fourth-order valence-corrected chi connectivity index (χ4v) is 5.40. The third kappa shape index (κ3) is 7.95. The van der Waals surface area contributed by atoms with E-state index in [1.807, 2.05) is 13.8 Å². The number of hydrogen-bond donors (Lipinski definition) is 2. The third-order valence-electron chi connectivity index (χ3n) is 4.52. The first kappa shape index (κ1) is 25.9. The zero-order valence-corrected chi connectivity index (χ0v) is 20.5. The van der Waals surface area contributed by atoms with Gasteiger partial charge in [0.25, 0.3) is 0 Å². The molecule has 2 aromatic rings. The predicted octanol–water partition coefficient (Wildman–Crippen LogP) is 5.03. The normalized spacial score (nSPS) is 14.3. The molecule has 0 radical (unpaired) electrons. The molecular weight excluding hydrogens is 472 g/mol. The summed E-state index contributed by atoms with van der Waals surface area (Å²) >= 11 is 5.79. The minimum absolute atomic E-state index is 0.315. The van der Waals surface area contributed by atoms with Gasteiger partial charge < -0.3 is 19.4 Å².